The molecular weight excluding hydrogens is 256 g/mol. The average Bonchev–Trinajstić information content (AvgIpc) is 2.26. The van der Waals surface area contributed by atoms with Gasteiger partial charge in [-0.05, 0) is 25.7 Å². The Kier molecular flexibility index (Phi) is 5.19. The number of phenolic OH excluding ortho intramolecular Hbond substituents is 3. The third-order valence-corrected chi connectivity index (χ3v) is 3.04. The summed E-state index contributed by atoms with van der Waals surface area (Å²) in [5.74, 6) is -1.12. The van der Waals surface area contributed by atoms with Crippen LogP contribution in [0.25, 0.3) is 0 Å². The first-order valence-electron chi connectivity index (χ1n) is 6.68. The normalized spacial score (nSPS) is 10.8. The van der Waals surface area contributed by atoms with Gasteiger partial charge in [-0.25, -0.2) is 0 Å². The lowest BCUT2D eigenvalue weighted by molar-refractivity contribution is 0.0962. The molecule has 0 aliphatic rings. The molecule has 0 aromatic heterocycles. The highest BCUT2D eigenvalue weighted by Crippen LogP contribution is 2.39. The molecule has 1 aromatic carbocycles. The first-order valence-corrected chi connectivity index (χ1v) is 6.68. The Morgan fingerprint density at radius 2 is 1.85 bits per heavy atom. The van der Waals surface area contributed by atoms with Crippen molar-refractivity contribution in [2.75, 3.05) is 0 Å². The largest absolute Gasteiger partial charge is 0.507 e. The Labute approximate surface area is 119 Å². The van der Waals surface area contributed by atoms with E-state index in [1.165, 1.54) is 0 Å². The number of hydrogen-bond donors (Lipinski definition) is 3. The Hall–Kier alpha value is -1.97. The van der Waals surface area contributed by atoms with E-state index in [-0.39, 0.29) is 46.5 Å². The zero-order valence-corrected chi connectivity index (χ0v) is 12.2. The van der Waals surface area contributed by atoms with Gasteiger partial charge in [-0.1, -0.05) is 19.4 Å². The van der Waals surface area contributed by atoms with Crippen molar-refractivity contribution in [3.8, 4) is 17.2 Å². The zero-order chi connectivity index (χ0) is 15.4. The first kappa shape index (κ1) is 16.1. The van der Waals surface area contributed by atoms with Crippen molar-refractivity contribution in [3.63, 3.8) is 0 Å². The van der Waals surface area contributed by atoms with E-state index in [0.717, 1.165) is 11.6 Å². The number of allylic oxidation sites excluding steroid dienone is 1. The van der Waals surface area contributed by atoms with Crippen LogP contribution in [0, 0.1) is 5.92 Å². The molecule has 0 saturated heterocycles. The fourth-order valence-corrected chi connectivity index (χ4v) is 2.01. The fourth-order valence-electron chi connectivity index (χ4n) is 2.01. The second kappa shape index (κ2) is 6.46. The predicted molar refractivity (Wildman–Crippen MR) is 78.4 cm³/mol. The number of phenols is 3. The number of benzene rings is 1. The molecule has 0 aliphatic heterocycles. The van der Waals surface area contributed by atoms with Crippen LogP contribution in [-0.2, 0) is 6.42 Å². The number of rotatable bonds is 6. The van der Waals surface area contributed by atoms with Gasteiger partial charge in [-0.3, -0.25) is 4.79 Å². The Morgan fingerprint density at radius 1 is 1.25 bits per heavy atom. The van der Waals surface area contributed by atoms with Gasteiger partial charge in [-0.2, -0.15) is 0 Å². The fraction of sp³-hybridized carbons (Fsp3) is 0.438. The summed E-state index contributed by atoms with van der Waals surface area (Å²) in [7, 11) is 0. The molecule has 20 heavy (non-hydrogen) atoms. The number of carbonyl (C=O) groups is 1. The summed E-state index contributed by atoms with van der Waals surface area (Å²) in [6, 6.07) is 1.11. The number of carbonyl (C=O) groups excluding carboxylic acids is 1. The predicted octanol–water partition coefficient (Wildman–Crippen LogP) is 3.54. The maximum absolute atomic E-state index is 12.1. The van der Waals surface area contributed by atoms with Crippen molar-refractivity contribution in [2.45, 2.75) is 40.0 Å². The maximum atomic E-state index is 12.1. The molecule has 0 aliphatic carbocycles. The minimum atomic E-state index is -0.385. The quantitative estimate of drug-likeness (QED) is 0.549. The van der Waals surface area contributed by atoms with Crippen molar-refractivity contribution in [3.05, 3.63) is 29.3 Å². The molecule has 0 fully saturated rings. The lowest BCUT2D eigenvalue weighted by Crippen LogP contribution is -2.06. The second-order valence-electron chi connectivity index (χ2n) is 5.60. The molecule has 0 bridgehead atoms. The van der Waals surface area contributed by atoms with Crippen LogP contribution in [0.4, 0.5) is 0 Å². The maximum Gasteiger partial charge on any atom is 0.170 e. The summed E-state index contributed by atoms with van der Waals surface area (Å²) in [5, 5.41) is 29.8. The van der Waals surface area contributed by atoms with Crippen molar-refractivity contribution in [1.82, 2.24) is 0 Å². The summed E-state index contributed by atoms with van der Waals surface area (Å²) in [5.41, 5.74) is 1.08. The van der Waals surface area contributed by atoms with Gasteiger partial charge in [0.1, 0.15) is 22.8 Å². The van der Waals surface area contributed by atoms with Gasteiger partial charge in [0.15, 0.2) is 5.78 Å². The molecule has 0 radical (unpaired) electrons. The lowest BCUT2D eigenvalue weighted by atomic mass is 9.95. The number of ketones is 1. The summed E-state index contributed by atoms with van der Waals surface area (Å²) in [6.07, 6.45) is 1.19. The molecule has 3 N–H and O–H groups in total. The van der Waals surface area contributed by atoms with E-state index in [0.29, 0.717) is 12.8 Å². The van der Waals surface area contributed by atoms with E-state index in [1.54, 1.807) is 0 Å². The van der Waals surface area contributed by atoms with Gasteiger partial charge in [0.05, 0.1) is 0 Å². The Morgan fingerprint density at radius 3 is 2.35 bits per heavy atom. The third kappa shape index (κ3) is 3.76. The van der Waals surface area contributed by atoms with E-state index in [1.807, 2.05) is 20.8 Å². The van der Waals surface area contributed by atoms with Gasteiger partial charge in [0.25, 0.3) is 0 Å². The first-order chi connectivity index (χ1) is 9.23. The van der Waals surface area contributed by atoms with Crippen molar-refractivity contribution in [2.24, 2.45) is 5.92 Å². The molecule has 4 heteroatoms. The number of aromatic hydroxyl groups is 3. The Balaban J connectivity index is 3.21. The van der Waals surface area contributed by atoms with Crippen molar-refractivity contribution >= 4 is 5.78 Å². The monoisotopic (exact) mass is 278 g/mol. The smallest absolute Gasteiger partial charge is 0.170 e. The minimum Gasteiger partial charge on any atom is -0.507 e. The van der Waals surface area contributed by atoms with E-state index >= 15 is 0 Å². The SMILES string of the molecule is C=C(C)CCc1c(O)cc(O)c(C(=O)CC(C)C)c1O. The zero-order valence-electron chi connectivity index (χ0n) is 12.2. The van der Waals surface area contributed by atoms with E-state index < -0.39 is 0 Å². The minimum absolute atomic E-state index is 0.104. The van der Waals surface area contributed by atoms with Gasteiger partial charge in [-0.15, -0.1) is 6.58 Å². The van der Waals surface area contributed by atoms with Crippen molar-refractivity contribution < 1.29 is 20.1 Å². The standard InChI is InChI=1S/C16H22O4/c1-9(2)5-6-11-12(17)8-14(19)15(16(11)20)13(18)7-10(3)4/h8,10,17,19-20H,1,5-7H2,2-4H3. The van der Waals surface area contributed by atoms with Crippen LogP contribution in [0.5, 0.6) is 17.2 Å². The molecule has 0 amide bonds. The topological polar surface area (TPSA) is 77.8 Å². The van der Waals surface area contributed by atoms with Crippen LogP contribution >= 0.6 is 0 Å². The Bertz CT molecular complexity index is 530. The van der Waals surface area contributed by atoms with Crippen LogP contribution in [0.1, 0.15) is 49.5 Å². The van der Waals surface area contributed by atoms with Gasteiger partial charge in [0, 0.05) is 18.1 Å². The van der Waals surface area contributed by atoms with Crippen LogP contribution in [0.15, 0.2) is 18.2 Å². The molecule has 1 rings (SSSR count). The van der Waals surface area contributed by atoms with Gasteiger partial charge >= 0.3 is 0 Å². The highest BCUT2D eigenvalue weighted by molar-refractivity contribution is 6.02. The summed E-state index contributed by atoms with van der Waals surface area (Å²) in [4.78, 5) is 12.1. The molecule has 110 valence electrons. The summed E-state index contributed by atoms with van der Waals surface area (Å²) >= 11 is 0. The average molecular weight is 278 g/mol. The van der Waals surface area contributed by atoms with Gasteiger partial charge in [0.2, 0.25) is 0 Å². The summed E-state index contributed by atoms with van der Waals surface area (Å²) in [6.45, 7) is 9.38. The molecular formula is C16H22O4. The molecule has 4 nitrogen and oxygen atoms in total. The van der Waals surface area contributed by atoms with Crippen LogP contribution in [0.3, 0.4) is 0 Å². The lowest BCUT2D eigenvalue weighted by Gasteiger charge is -2.14. The highest BCUT2D eigenvalue weighted by atomic mass is 16.3. The molecule has 0 atom stereocenters. The number of Topliss-reactive ketones (excluding diaryl/α,β-unsaturated/α-hetero) is 1. The van der Waals surface area contributed by atoms with E-state index in [9.17, 15) is 20.1 Å². The molecule has 0 spiro atoms. The molecule has 1 aromatic rings. The van der Waals surface area contributed by atoms with Crippen LogP contribution in [0.2, 0.25) is 0 Å². The van der Waals surface area contributed by atoms with E-state index in [4.69, 9.17) is 0 Å². The van der Waals surface area contributed by atoms with Gasteiger partial charge < -0.3 is 15.3 Å². The summed E-state index contributed by atoms with van der Waals surface area (Å²) < 4.78 is 0. The van der Waals surface area contributed by atoms with Crippen LogP contribution in [-0.4, -0.2) is 21.1 Å². The molecule has 0 saturated carbocycles. The molecule has 0 heterocycles. The van der Waals surface area contributed by atoms with E-state index in [2.05, 4.69) is 6.58 Å². The molecule has 0 unspecified atom stereocenters. The van der Waals surface area contributed by atoms with Crippen LogP contribution < -0.4 is 0 Å². The second-order valence-corrected chi connectivity index (χ2v) is 5.60. The third-order valence-electron chi connectivity index (χ3n) is 3.04. The highest BCUT2D eigenvalue weighted by Gasteiger charge is 2.22. The van der Waals surface area contributed by atoms with Crippen molar-refractivity contribution in [1.29, 1.82) is 0 Å². The number of hydrogen-bond acceptors (Lipinski definition) is 4.